The number of nitrogens with one attached hydrogen (secondary N) is 1. The van der Waals surface area contributed by atoms with Gasteiger partial charge in [-0.05, 0) is 32.9 Å². The lowest BCUT2D eigenvalue weighted by molar-refractivity contribution is -0.385. The molecule has 6 heteroatoms. The maximum absolute atomic E-state index is 11.1. The summed E-state index contributed by atoms with van der Waals surface area (Å²) in [7, 11) is 1.47. The third kappa shape index (κ3) is 4.38. The van der Waals surface area contributed by atoms with Gasteiger partial charge in [-0.2, -0.15) is 0 Å². The molecule has 1 rings (SSSR count). The molecule has 0 radical (unpaired) electrons. The van der Waals surface area contributed by atoms with E-state index in [1.807, 2.05) is 20.8 Å². The number of nitro groups is 1. The third-order valence-corrected chi connectivity index (χ3v) is 2.67. The highest BCUT2D eigenvalue weighted by Gasteiger charge is 2.19. The summed E-state index contributed by atoms with van der Waals surface area (Å²) in [5, 5.41) is 14.3. The Kier molecular flexibility index (Phi) is 6.24. The second-order valence-electron chi connectivity index (χ2n) is 4.73. The van der Waals surface area contributed by atoms with Crippen molar-refractivity contribution in [3.8, 4) is 11.5 Å². The monoisotopic (exact) mass is 282 g/mol. The Labute approximate surface area is 119 Å². The fourth-order valence-corrected chi connectivity index (χ4v) is 1.81. The van der Waals surface area contributed by atoms with Crippen molar-refractivity contribution in [2.24, 2.45) is 0 Å². The van der Waals surface area contributed by atoms with Crippen LogP contribution < -0.4 is 14.8 Å². The van der Waals surface area contributed by atoms with Gasteiger partial charge in [0.1, 0.15) is 0 Å². The van der Waals surface area contributed by atoms with Gasteiger partial charge >= 0.3 is 0 Å². The van der Waals surface area contributed by atoms with Crippen LogP contribution in [0.3, 0.4) is 0 Å². The van der Waals surface area contributed by atoms with E-state index in [-0.39, 0.29) is 11.8 Å². The second kappa shape index (κ2) is 7.69. The molecule has 0 aliphatic heterocycles. The number of hydrogen-bond donors (Lipinski definition) is 1. The topological polar surface area (TPSA) is 73.6 Å². The van der Waals surface area contributed by atoms with Crippen molar-refractivity contribution in [2.75, 3.05) is 13.7 Å². The van der Waals surface area contributed by atoms with E-state index in [4.69, 9.17) is 9.47 Å². The Morgan fingerprint density at radius 3 is 2.55 bits per heavy atom. The normalized spacial score (nSPS) is 10.7. The van der Waals surface area contributed by atoms with Crippen LogP contribution in [0.5, 0.6) is 11.5 Å². The lowest BCUT2D eigenvalue weighted by atomic mass is 10.1. The van der Waals surface area contributed by atoms with Crippen molar-refractivity contribution in [2.45, 2.75) is 39.8 Å². The van der Waals surface area contributed by atoms with Gasteiger partial charge in [0.15, 0.2) is 11.5 Å². The summed E-state index contributed by atoms with van der Waals surface area (Å²) in [5.41, 5.74) is 0.640. The number of hydrogen-bond acceptors (Lipinski definition) is 5. The van der Waals surface area contributed by atoms with Crippen LogP contribution in [0.4, 0.5) is 5.69 Å². The molecular formula is C14H22N2O4. The van der Waals surface area contributed by atoms with Crippen LogP contribution in [0.15, 0.2) is 12.1 Å². The molecule has 1 aromatic carbocycles. The van der Waals surface area contributed by atoms with E-state index >= 15 is 0 Å². The summed E-state index contributed by atoms with van der Waals surface area (Å²) >= 11 is 0. The molecule has 0 amide bonds. The van der Waals surface area contributed by atoms with Gasteiger partial charge in [0.2, 0.25) is 0 Å². The lowest BCUT2D eigenvalue weighted by Crippen LogP contribution is -2.15. The first-order chi connectivity index (χ1) is 9.49. The SMILES string of the molecule is CCCNCc1cc(OC(C)C)c(OC)cc1[N+](=O)[O-]. The molecule has 0 bridgehead atoms. The van der Waals surface area contributed by atoms with E-state index in [1.165, 1.54) is 13.2 Å². The highest BCUT2D eigenvalue weighted by molar-refractivity contribution is 5.54. The van der Waals surface area contributed by atoms with E-state index in [9.17, 15) is 10.1 Å². The number of benzene rings is 1. The first-order valence-electron chi connectivity index (χ1n) is 6.72. The Morgan fingerprint density at radius 1 is 1.35 bits per heavy atom. The molecule has 0 heterocycles. The van der Waals surface area contributed by atoms with Crippen LogP contribution in [0.1, 0.15) is 32.8 Å². The van der Waals surface area contributed by atoms with E-state index in [1.54, 1.807) is 6.07 Å². The highest BCUT2D eigenvalue weighted by Crippen LogP contribution is 2.35. The van der Waals surface area contributed by atoms with E-state index < -0.39 is 4.92 Å². The summed E-state index contributed by atoms with van der Waals surface area (Å²) in [4.78, 5) is 10.7. The van der Waals surface area contributed by atoms with Gasteiger partial charge in [0.25, 0.3) is 5.69 Å². The van der Waals surface area contributed by atoms with Crippen molar-refractivity contribution >= 4 is 5.69 Å². The van der Waals surface area contributed by atoms with Crippen molar-refractivity contribution in [3.05, 3.63) is 27.8 Å². The summed E-state index contributed by atoms with van der Waals surface area (Å²) in [5.74, 6) is 0.908. The van der Waals surface area contributed by atoms with Crippen molar-refractivity contribution in [1.29, 1.82) is 0 Å². The minimum Gasteiger partial charge on any atom is -0.493 e. The zero-order valence-electron chi connectivity index (χ0n) is 12.4. The molecule has 112 valence electrons. The molecule has 0 aromatic heterocycles. The standard InChI is InChI=1S/C14H22N2O4/c1-5-6-15-9-11-7-14(20-10(2)3)13(19-4)8-12(11)16(17)18/h7-8,10,15H,5-6,9H2,1-4H3. The molecule has 0 spiro atoms. The Hall–Kier alpha value is -1.82. The Balaban J connectivity index is 3.13. The minimum absolute atomic E-state index is 0.0261. The number of nitro benzene ring substituents is 1. The average Bonchev–Trinajstić information content (AvgIpc) is 2.38. The Morgan fingerprint density at radius 2 is 2.05 bits per heavy atom. The van der Waals surface area contributed by atoms with Gasteiger partial charge in [-0.3, -0.25) is 10.1 Å². The molecule has 0 saturated carbocycles. The van der Waals surface area contributed by atoms with E-state index in [0.717, 1.165) is 13.0 Å². The van der Waals surface area contributed by atoms with Crippen LogP contribution in [0.2, 0.25) is 0 Å². The fraction of sp³-hybridized carbons (Fsp3) is 0.571. The average molecular weight is 282 g/mol. The maximum Gasteiger partial charge on any atom is 0.277 e. The third-order valence-electron chi connectivity index (χ3n) is 2.67. The van der Waals surface area contributed by atoms with Gasteiger partial charge < -0.3 is 14.8 Å². The molecule has 0 aliphatic rings. The van der Waals surface area contributed by atoms with Crippen LogP contribution in [-0.4, -0.2) is 24.7 Å². The smallest absolute Gasteiger partial charge is 0.277 e. The molecule has 0 fully saturated rings. The minimum atomic E-state index is -0.398. The van der Waals surface area contributed by atoms with Gasteiger partial charge in [-0.1, -0.05) is 6.92 Å². The molecule has 20 heavy (non-hydrogen) atoms. The molecule has 1 aromatic rings. The quantitative estimate of drug-likeness (QED) is 0.451. The van der Waals surface area contributed by atoms with Crippen LogP contribution in [0, 0.1) is 10.1 Å². The van der Waals surface area contributed by atoms with Gasteiger partial charge in [-0.25, -0.2) is 0 Å². The van der Waals surface area contributed by atoms with Crippen LogP contribution >= 0.6 is 0 Å². The summed E-state index contributed by atoms with van der Waals surface area (Å²) in [6.45, 7) is 7.08. The van der Waals surface area contributed by atoms with E-state index in [2.05, 4.69) is 5.32 Å². The molecule has 0 unspecified atom stereocenters. The van der Waals surface area contributed by atoms with Gasteiger partial charge in [0, 0.05) is 12.1 Å². The predicted octanol–water partition coefficient (Wildman–Crippen LogP) is 2.89. The Bertz CT molecular complexity index is 461. The second-order valence-corrected chi connectivity index (χ2v) is 4.73. The van der Waals surface area contributed by atoms with Gasteiger partial charge in [0.05, 0.1) is 24.2 Å². The highest BCUT2D eigenvalue weighted by atomic mass is 16.6. The van der Waals surface area contributed by atoms with Gasteiger partial charge in [-0.15, -0.1) is 0 Å². The molecule has 6 nitrogen and oxygen atoms in total. The van der Waals surface area contributed by atoms with Crippen molar-refractivity contribution < 1.29 is 14.4 Å². The molecule has 0 atom stereocenters. The van der Waals surface area contributed by atoms with Crippen LogP contribution in [-0.2, 0) is 6.54 Å². The molecule has 0 saturated heterocycles. The summed E-state index contributed by atoms with van der Waals surface area (Å²) in [6, 6.07) is 3.10. The summed E-state index contributed by atoms with van der Waals surface area (Å²) < 4.78 is 10.8. The fourth-order valence-electron chi connectivity index (χ4n) is 1.81. The zero-order valence-corrected chi connectivity index (χ0v) is 12.4. The van der Waals surface area contributed by atoms with Crippen LogP contribution in [0.25, 0.3) is 0 Å². The van der Waals surface area contributed by atoms with E-state index in [0.29, 0.717) is 23.6 Å². The van der Waals surface area contributed by atoms with Crippen molar-refractivity contribution in [1.82, 2.24) is 5.32 Å². The lowest BCUT2D eigenvalue weighted by Gasteiger charge is -2.15. The number of methoxy groups -OCH3 is 1. The number of rotatable bonds is 8. The zero-order chi connectivity index (χ0) is 15.1. The summed E-state index contributed by atoms with van der Waals surface area (Å²) in [6.07, 6.45) is 0.945. The first-order valence-corrected chi connectivity index (χ1v) is 6.72. The number of ether oxygens (including phenoxy) is 2. The largest absolute Gasteiger partial charge is 0.493 e. The predicted molar refractivity (Wildman–Crippen MR) is 77.4 cm³/mol. The molecular weight excluding hydrogens is 260 g/mol. The van der Waals surface area contributed by atoms with Crippen molar-refractivity contribution in [3.63, 3.8) is 0 Å². The molecule has 0 aliphatic carbocycles. The number of nitrogens with zero attached hydrogens (tertiary/aromatic N) is 1. The maximum atomic E-state index is 11.1. The first kappa shape index (κ1) is 16.2. The molecule has 1 N–H and O–H groups in total.